The Balaban J connectivity index is 1.40. The molecular formula is C25H27N3O2S. The van der Waals surface area contributed by atoms with Crippen molar-refractivity contribution in [2.24, 2.45) is 0 Å². The molecule has 0 atom stereocenters. The number of hydrogen-bond acceptors (Lipinski definition) is 4. The molecule has 2 heterocycles. The molecule has 31 heavy (non-hydrogen) atoms. The van der Waals surface area contributed by atoms with E-state index in [0.717, 1.165) is 27.5 Å². The molecule has 0 bridgehead atoms. The molecule has 6 heteroatoms. The number of nitrogens with one attached hydrogen (secondary N) is 1. The van der Waals surface area contributed by atoms with Crippen LogP contribution in [0.1, 0.15) is 40.8 Å². The first-order valence-electron chi connectivity index (χ1n) is 10.6. The van der Waals surface area contributed by atoms with E-state index >= 15 is 0 Å². The maximum Gasteiger partial charge on any atom is 0.261 e. The number of carbonyl (C=O) groups excluding carboxylic acids is 1. The summed E-state index contributed by atoms with van der Waals surface area (Å²) in [7, 11) is 0. The minimum absolute atomic E-state index is 0.0363. The smallest absolute Gasteiger partial charge is 0.261 e. The Labute approximate surface area is 186 Å². The molecule has 0 radical (unpaired) electrons. The summed E-state index contributed by atoms with van der Waals surface area (Å²) in [5.41, 5.74) is 3.35. The van der Waals surface area contributed by atoms with Crippen LogP contribution < -0.4 is 10.1 Å². The number of thiophene rings is 1. The van der Waals surface area contributed by atoms with Gasteiger partial charge in [0, 0.05) is 13.0 Å². The fourth-order valence-corrected chi connectivity index (χ4v) is 4.19. The van der Waals surface area contributed by atoms with Crippen molar-refractivity contribution in [1.82, 2.24) is 14.9 Å². The van der Waals surface area contributed by atoms with E-state index in [-0.39, 0.29) is 5.91 Å². The summed E-state index contributed by atoms with van der Waals surface area (Å²) in [6, 6.07) is 20.1. The normalized spacial score (nSPS) is 11.2. The van der Waals surface area contributed by atoms with Gasteiger partial charge in [0.1, 0.15) is 18.2 Å². The zero-order chi connectivity index (χ0) is 21.6. The summed E-state index contributed by atoms with van der Waals surface area (Å²) in [4.78, 5) is 17.7. The molecule has 5 nitrogen and oxygen atoms in total. The first-order valence-corrected chi connectivity index (χ1v) is 11.5. The average molecular weight is 434 g/mol. The maximum atomic E-state index is 12.2. The number of hydrogen-bond donors (Lipinski definition) is 1. The van der Waals surface area contributed by atoms with E-state index in [1.165, 1.54) is 16.9 Å². The second kappa shape index (κ2) is 9.79. The molecule has 0 saturated carbocycles. The van der Waals surface area contributed by atoms with Gasteiger partial charge in [-0.25, -0.2) is 4.98 Å². The number of aromatic nitrogens is 2. The van der Waals surface area contributed by atoms with E-state index in [9.17, 15) is 4.79 Å². The SMILES string of the molecule is CC(C)c1ccc(OCCn2c(CCNC(=O)c3cccs3)nc3ccccc32)cc1. The lowest BCUT2D eigenvalue weighted by Gasteiger charge is -2.12. The molecule has 0 fully saturated rings. The second-order valence-corrected chi connectivity index (χ2v) is 8.67. The van der Waals surface area contributed by atoms with Crippen LogP contribution in [0, 0.1) is 0 Å². The summed E-state index contributed by atoms with van der Waals surface area (Å²) in [6.45, 7) is 6.16. The Morgan fingerprint density at radius 1 is 1.10 bits per heavy atom. The van der Waals surface area contributed by atoms with Crippen LogP contribution in [0.2, 0.25) is 0 Å². The van der Waals surface area contributed by atoms with Crippen LogP contribution in [0.4, 0.5) is 0 Å². The third-order valence-corrected chi connectivity index (χ3v) is 6.11. The lowest BCUT2D eigenvalue weighted by Crippen LogP contribution is -2.26. The van der Waals surface area contributed by atoms with E-state index < -0.39 is 0 Å². The lowest BCUT2D eigenvalue weighted by atomic mass is 10.0. The van der Waals surface area contributed by atoms with Gasteiger partial charge in [0.05, 0.1) is 22.5 Å². The van der Waals surface area contributed by atoms with Crippen LogP contribution in [0.15, 0.2) is 66.0 Å². The topological polar surface area (TPSA) is 56.1 Å². The fraction of sp³-hybridized carbons (Fsp3) is 0.280. The van der Waals surface area contributed by atoms with Crippen LogP contribution in [0.5, 0.6) is 5.75 Å². The quantitative estimate of drug-likeness (QED) is 0.391. The maximum absolute atomic E-state index is 12.2. The highest BCUT2D eigenvalue weighted by Gasteiger charge is 2.12. The minimum atomic E-state index is -0.0363. The van der Waals surface area contributed by atoms with Gasteiger partial charge in [-0.3, -0.25) is 4.79 Å². The molecule has 160 valence electrons. The summed E-state index contributed by atoms with van der Waals surface area (Å²) < 4.78 is 8.18. The van der Waals surface area contributed by atoms with E-state index in [1.807, 2.05) is 47.8 Å². The largest absolute Gasteiger partial charge is 0.492 e. The number of fused-ring (bicyclic) bond motifs is 1. The van der Waals surface area contributed by atoms with Gasteiger partial charge in [-0.05, 0) is 47.2 Å². The molecule has 4 aromatic rings. The van der Waals surface area contributed by atoms with Gasteiger partial charge in [0.25, 0.3) is 5.91 Å². The predicted octanol–water partition coefficient (Wildman–Crippen LogP) is 5.27. The Bertz CT molecular complexity index is 1130. The van der Waals surface area contributed by atoms with Crippen molar-refractivity contribution in [3.63, 3.8) is 0 Å². The molecule has 0 spiro atoms. The molecule has 0 aliphatic heterocycles. The van der Waals surface area contributed by atoms with Crippen molar-refractivity contribution in [1.29, 1.82) is 0 Å². The first kappa shape index (κ1) is 21.1. The first-order chi connectivity index (χ1) is 15.1. The van der Waals surface area contributed by atoms with Crippen molar-refractivity contribution < 1.29 is 9.53 Å². The van der Waals surface area contributed by atoms with E-state index in [0.29, 0.717) is 32.0 Å². The number of para-hydroxylation sites is 2. The molecule has 1 amide bonds. The van der Waals surface area contributed by atoms with Crippen LogP contribution in [-0.4, -0.2) is 28.6 Å². The average Bonchev–Trinajstić information content (AvgIpc) is 3.43. The van der Waals surface area contributed by atoms with Gasteiger partial charge in [0.2, 0.25) is 0 Å². The summed E-state index contributed by atoms with van der Waals surface area (Å²) in [5, 5.41) is 4.90. The second-order valence-electron chi connectivity index (χ2n) is 7.72. The third-order valence-electron chi connectivity index (χ3n) is 5.24. The summed E-state index contributed by atoms with van der Waals surface area (Å²) in [5.74, 6) is 2.30. The lowest BCUT2D eigenvalue weighted by molar-refractivity contribution is 0.0958. The Hall–Kier alpha value is -3.12. The van der Waals surface area contributed by atoms with Crippen LogP contribution in [-0.2, 0) is 13.0 Å². The van der Waals surface area contributed by atoms with Gasteiger partial charge < -0.3 is 14.6 Å². The van der Waals surface area contributed by atoms with Crippen molar-refractivity contribution >= 4 is 28.3 Å². The van der Waals surface area contributed by atoms with Crippen LogP contribution in [0.3, 0.4) is 0 Å². The Morgan fingerprint density at radius 3 is 2.65 bits per heavy atom. The molecule has 1 N–H and O–H groups in total. The molecule has 0 aliphatic rings. The number of benzene rings is 2. The third kappa shape index (κ3) is 5.14. The van der Waals surface area contributed by atoms with Crippen molar-refractivity contribution in [2.45, 2.75) is 32.7 Å². The minimum Gasteiger partial charge on any atom is -0.492 e. The Kier molecular flexibility index (Phi) is 6.67. The number of imidazole rings is 1. The molecule has 0 aliphatic carbocycles. The molecule has 4 rings (SSSR count). The Morgan fingerprint density at radius 2 is 1.90 bits per heavy atom. The van der Waals surface area contributed by atoms with Gasteiger partial charge in [-0.15, -0.1) is 11.3 Å². The van der Waals surface area contributed by atoms with E-state index in [4.69, 9.17) is 9.72 Å². The van der Waals surface area contributed by atoms with Crippen LogP contribution >= 0.6 is 11.3 Å². The number of rotatable bonds is 9. The van der Waals surface area contributed by atoms with Gasteiger partial charge in [-0.2, -0.15) is 0 Å². The molecule has 2 aromatic carbocycles. The van der Waals surface area contributed by atoms with Crippen molar-refractivity contribution in [3.05, 3.63) is 82.3 Å². The van der Waals surface area contributed by atoms with Crippen molar-refractivity contribution in [3.8, 4) is 5.75 Å². The van der Waals surface area contributed by atoms with E-state index in [1.54, 1.807) is 0 Å². The molecule has 0 saturated heterocycles. The van der Waals surface area contributed by atoms with Gasteiger partial charge >= 0.3 is 0 Å². The highest BCUT2D eigenvalue weighted by Crippen LogP contribution is 2.20. The summed E-state index contributed by atoms with van der Waals surface area (Å²) >= 11 is 1.45. The van der Waals surface area contributed by atoms with Gasteiger partial charge in [0.15, 0.2) is 0 Å². The zero-order valence-corrected chi connectivity index (χ0v) is 18.7. The van der Waals surface area contributed by atoms with Gasteiger partial charge in [-0.1, -0.05) is 44.2 Å². The number of ether oxygens (including phenoxy) is 1. The fourth-order valence-electron chi connectivity index (χ4n) is 3.55. The van der Waals surface area contributed by atoms with Crippen molar-refractivity contribution in [2.75, 3.05) is 13.2 Å². The molecule has 0 unspecified atom stereocenters. The monoisotopic (exact) mass is 433 g/mol. The standard InChI is InChI=1S/C25H27N3O2S/c1-18(2)19-9-11-20(12-10-19)30-16-15-28-22-7-4-3-6-21(22)27-24(28)13-14-26-25(29)23-8-5-17-31-23/h3-12,17-18H,13-16H2,1-2H3,(H,26,29). The zero-order valence-electron chi connectivity index (χ0n) is 17.9. The number of amides is 1. The molecule has 2 aromatic heterocycles. The summed E-state index contributed by atoms with van der Waals surface area (Å²) in [6.07, 6.45) is 0.662. The van der Waals surface area contributed by atoms with Crippen LogP contribution in [0.25, 0.3) is 11.0 Å². The predicted molar refractivity (Wildman–Crippen MR) is 126 cm³/mol. The number of carbonyl (C=O) groups is 1. The highest BCUT2D eigenvalue weighted by molar-refractivity contribution is 7.12. The van der Waals surface area contributed by atoms with E-state index in [2.05, 4.69) is 41.9 Å². The molecular weight excluding hydrogens is 406 g/mol. The highest BCUT2D eigenvalue weighted by atomic mass is 32.1. The number of nitrogens with zero attached hydrogens (tertiary/aromatic N) is 2.